The second-order valence-electron chi connectivity index (χ2n) is 5.05. The fourth-order valence-electron chi connectivity index (χ4n) is 1.23. The monoisotopic (exact) mass is 307 g/mol. The summed E-state index contributed by atoms with van der Waals surface area (Å²) in [6.07, 6.45) is 4.41. The molecule has 0 unspecified atom stereocenters. The van der Waals surface area contributed by atoms with E-state index in [1.807, 2.05) is 0 Å². The number of rotatable bonds is 6. The van der Waals surface area contributed by atoms with Gasteiger partial charge in [-0.25, -0.2) is 9.78 Å². The standard InChI is InChI=1S/C11H17N3O3Si.K.H/c1-18(2,3)7-6-16-9-14-5-4-13-10(14)11(15)17-8-12;;/h4-5H,6-7,9H2,1-3H3;;. The van der Waals surface area contributed by atoms with Gasteiger partial charge in [0.1, 0.15) is 6.73 Å². The number of aromatic nitrogens is 2. The van der Waals surface area contributed by atoms with Crippen molar-refractivity contribution in [2.75, 3.05) is 6.61 Å². The summed E-state index contributed by atoms with van der Waals surface area (Å²) in [4.78, 5) is 15.2. The molecule has 8 heteroatoms. The third-order valence-electron chi connectivity index (χ3n) is 2.26. The van der Waals surface area contributed by atoms with Gasteiger partial charge in [-0.2, -0.15) is 0 Å². The number of esters is 1. The van der Waals surface area contributed by atoms with Crippen molar-refractivity contribution in [1.29, 1.82) is 5.26 Å². The molecule has 1 aromatic rings. The van der Waals surface area contributed by atoms with Crippen LogP contribution in [0.4, 0.5) is 0 Å². The zero-order valence-electron chi connectivity index (χ0n) is 10.8. The van der Waals surface area contributed by atoms with Crippen molar-refractivity contribution in [3.05, 3.63) is 18.2 Å². The SMILES string of the molecule is C[Si](C)(C)CCOCn1ccnc1C(=O)OC#N.[KH]. The van der Waals surface area contributed by atoms with Gasteiger partial charge in [0.2, 0.25) is 5.82 Å². The molecule has 0 saturated carbocycles. The van der Waals surface area contributed by atoms with Gasteiger partial charge in [-0.15, -0.1) is 5.26 Å². The summed E-state index contributed by atoms with van der Waals surface area (Å²) in [7, 11) is -1.11. The fourth-order valence-corrected chi connectivity index (χ4v) is 1.99. The zero-order valence-corrected chi connectivity index (χ0v) is 11.8. The van der Waals surface area contributed by atoms with Gasteiger partial charge in [0.25, 0.3) is 6.26 Å². The molecule has 1 heterocycles. The van der Waals surface area contributed by atoms with Crippen molar-refractivity contribution in [2.45, 2.75) is 32.4 Å². The molecule has 0 N–H and O–H groups in total. The Balaban J connectivity index is 0.00000324. The third kappa shape index (κ3) is 7.36. The van der Waals surface area contributed by atoms with Crippen LogP contribution in [-0.2, 0) is 16.2 Å². The zero-order chi connectivity index (χ0) is 13.6. The molecule has 0 spiro atoms. The van der Waals surface area contributed by atoms with Crippen molar-refractivity contribution in [3.8, 4) is 6.26 Å². The Kier molecular flexibility index (Phi) is 9.01. The first-order valence-corrected chi connectivity index (χ1v) is 9.34. The van der Waals surface area contributed by atoms with E-state index in [9.17, 15) is 4.79 Å². The van der Waals surface area contributed by atoms with Crippen LogP contribution < -0.4 is 0 Å². The Bertz CT molecular complexity index is 451. The van der Waals surface area contributed by atoms with Crippen molar-refractivity contribution in [3.63, 3.8) is 0 Å². The molecule has 0 aliphatic carbocycles. The average molecular weight is 307 g/mol. The Hall–Kier alpha value is -0.0168. The summed E-state index contributed by atoms with van der Waals surface area (Å²) in [5.74, 6) is -0.694. The summed E-state index contributed by atoms with van der Waals surface area (Å²) >= 11 is 0. The third-order valence-corrected chi connectivity index (χ3v) is 3.97. The van der Waals surface area contributed by atoms with Gasteiger partial charge in [-0.3, -0.25) is 0 Å². The summed E-state index contributed by atoms with van der Waals surface area (Å²) < 4.78 is 11.2. The van der Waals surface area contributed by atoms with Gasteiger partial charge < -0.3 is 14.0 Å². The molecule has 0 aliphatic rings. The van der Waals surface area contributed by atoms with E-state index in [0.29, 0.717) is 6.61 Å². The van der Waals surface area contributed by atoms with Crippen LogP contribution in [0.15, 0.2) is 12.4 Å². The summed E-state index contributed by atoms with van der Waals surface area (Å²) in [5, 5.41) is 8.27. The number of imidazole rings is 1. The minimum absolute atomic E-state index is 0. The quantitative estimate of drug-likeness (QED) is 0.341. The molecule has 19 heavy (non-hydrogen) atoms. The number of nitrogens with zero attached hydrogens (tertiary/aromatic N) is 3. The number of hydrogen-bond acceptors (Lipinski definition) is 5. The number of carbonyl (C=O) groups is 1. The Morgan fingerprint density at radius 2 is 2.21 bits per heavy atom. The summed E-state index contributed by atoms with van der Waals surface area (Å²) in [5.41, 5.74) is 0. The van der Waals surface area contributed by atoms with Crippen LogP contribution in [-0.4, -0.2) is 81.6 Å². The van der Waals surface area contributed by atoms with Gasteiger partial charge in [0.15, 0.2) is 0 Å². The average Bonchev–Trinajstić information content (AvgIpc) is 2.71. The Labute approximate surface area is 156 Å². The van der Waals surface area contributed by atoms with Crippen LogP contribution in [0.5, 0.6) is 0 Å². The molecule has 0 aliphatic heterocycles. The van der Waals surface area contributed by atoms with Crippen molar-refractivity contribution >= 4 is 65.4 Å². The fraction of sp³-hybridized carbons (Fsp3) is 0.545. The number of nitriles is 1. The molecular formula is C11H18KN3O3Si. The predicted molar refractivity (Wildman–Crippen MR) is 74.5 cm³/mol. The van der Waals surface area contributed by atoms with Crippen LogP contribution in [0.1, 0.15) is 10.6 Å². The van der Waals surface area contributed by atoms with Gasteiger partial charge in [-0.1, -0.05) is 19.6 Å². The van der Waals surface area contributed by atoms with E-state index in [1.165, 1.54) is 17.0 Å². The number of hydrogen-bond donors (Lipinski definition) is 0. The van der Waals surface area contributed by atoms with E-state index >= 15 is 0 Å². The number of carbonyl (C=O) groups excluding carboxylic acids is 1. The minimum atomic E-state index is -1.11. The van der Waals surface area contributed by atoms with E-state index in [2.05, 4.69) is 29.4 Å². The first-order valence-electron chi connectivity index (χ1n) is 5.63. The molecule has 1 rings (SSSR count). The van der Waals surface area contributed by atoms with E-state index in [1.54, 1.807) is 6.20 Å². The molecule has 1 aromatic heterocycles. The molecule has 0 saturated heterocycles. The molecule has 0 bridgehead atoms. The van der Waals surface area contributed by atoms with Crippen LogP contribution >= 0.6 is 0 Å². The van der Waals surface area contributed by atoms with E-state index in [4.69, 9.17) is 10.00 Å². The predicted octanol–water partition coefficient (Wildman–Crippen LogP) is 1.18. The summed E-state index contributed by atoms with van der Waals surface area (Å²) in [6.45, 7) is 7.69. The maximum atomic E-state index is 11.3. The Morgan fingerprint density at radius 3 is 2.79 bits per heavy atom. The second-order valence-corrected chi connectivity index (χ2v) is 10.7. The number of ether oxygens (including phenoxy) is 2. The topological polar surface area (TPSA) is 77.1 Å². The molecule has 6 nitrogen and oxygen atoms in total. The molecule has 0 fully saturated rings. The molecule has 0 amide bonds. The van der Waals surface area contributed by atoms with Crippen molar-refractivity contribution < 1.29 is 14.3 Å². The Morgan fingerprint density at radius 1 is 1.53 bits per heavy atom. The molecular weight excluding hydrogens is 289 g/mol. The summed E-state index contributed by atoms with van der Waals surface area (Å²) in [6, 6.07) is 1.06. The van der Waals surface area contributed by atoms with E-state index in [-0.39, 0.29) is 63.9 Å². The van der Waals surface area contributed by atoms with Gasteiger partial charge in [0.05, 0.1) is 0 Å². The van der Waals surface area contributed by atoms with Crippen LogP contribution in [0.3, 0.4) is 0 Å². The molecule has 0 aromatic carbocycles. The molecule has 0 radical (unpaired) electrons. The van der Waals surface area contributed by atoms with Gasteiger partial charge in [0, 0.05) is 27.1 Å². The first-order chi connectivity index (χ1) is 8.44. The van der Waals surface area contributed by atoms with Crippen molar-refractivity contribution in [1.82, 2.24) is 9.55 Å². The van der Waals surface area contributed by atoms with Gasteiger partial charge >= 0.3 is 57.4 Å². The second kappa shape index (κ2) is 9.02. The van der Waals surface area contributed by atoms with Gasteiger partial charge in [-0.05, 0) is 6.04 Å². The van der Waals surface area contributed by atoms with Crippen molar-refractivity contribution in [2.24, 2.45) is 0 Å². The van der Waals surface area contributed by atoms with E-state index < -0.39 is 14.0 Å². The first kappa shape index (κ1) is 19.0. The van der Waals surface area contributed by atoms with Crippen LogP contribution in [0, 0.1) is 11.5 Å². The van der Waals surface area contributed by atoms with E-state index in [0.717, 1.165) is 6.04 Å². The maximum absolute atomic E-state index is 11.3. The van der Waals surface area contributed by atoms with Crippen LogP contribution in [0.25, 0.3) is 0 Å². The molecule has 100 valence electrons. The van der Waals surface area contributed by atoms with Crippen LogP contribution in [0.2, 0.25) is 25.7 Å². The molecule has 0 atom stereocenters. The normalized spacial score (nSPS) is 10.4.